The molecule has 1 rings (SSSR count). The van der Waals surface area contributed by atoms with E-state index in [0.29, 0.717) is 0 Å². The highest BCUT2D eigenvalue weighted by molar-refractivity contribution is 5.12. The molecule has 1 N–H and O–H groups in total. The van der Waals surface area contributed by atoms with Crippen LogP contribution in [0.15, 0.2) is 12.5 Å². The van der Waals surface area contributed by atoms with Crippen LogP contribution in [0.3, 0.4) is 0 Å². The van der Waals surface area contributed by atoms with Crippen LogP contribution in [0.2, 0.25) is 0 Å². The summed E-state index contributed by atoms with van der Waals surface area (Å²) in [5, 5.41) is 13.3. The van der Waals surface area contributed by atoms with E-state index < -0.39 is 4.92 Å². The average Bonchev–Trinajstić information content (AvgIpc) is 2.53. The van der Waals surface area contributed by atoms with Crippen molar-refractivity contribution < 1.29 is 4.92 Å². The Hall–Kier alpha value is -1.43. The molecule has 72 valence electrons. The van der Waals surface area contributed by atoms with Gasteiger partial charge in [-0.2, -0.15) is 0 Å². The van der Waals surface area contributed by atoms with Crippen molar-refractivity contribution in [1.29, 1.82) is 0 Å². The summed E-state index contributed by atoms with van der Waals surface area (Å²) < 4.78 is 1.72. The van der Waals surface area contributed by atoms with Crippen molar-refractivity contribution >= 4 is 5.82 Å². The molecule has 0 atom stereocenters. The molecule has 0 saturated carbocycles. The molecular formula is C7H12N4O2. The molecule has 0 fully saturated rings. The minimum absolute atomic E-state index is 0.0931. The van der Waals surface area contributed by atoms with Gasteiger partial charge in [-0.05, 0) is 29.9 Å². The molecule has 0 amide bonds. The zero-order chi connectivity index (χ0) is 9.68. The predicted octanol–water partition coefficient (Wildman–Crippen LogP) is 0.401. The maximum absolute atomic E-state index is 10.3. The number of aromatic nitrogens is 2. The summed E-state index contributed by atoms with van der Waals surface area (Å²) in [7, 11) is 1.87. The van der Waals surface area contributed by atoms with Crippen LogP contribution in [0.25, 0.3) is 0 Å². The van der Waals surface area contributed by atoms with E-state index in [1.54, 1.807) is 4.57 Å². The van der Waals surface area contributed by atoms with E-state index >= 15 is 0 Å². The number of imidazole rings is 1. The second kappa shape index (κ2) is 4.56. The molecule has 0 aliphatic carbocycles. The Morgan fingerprint density at radius 1 is 1.77 bits per heavy atom. The van der Waals surface area contributed by atoms with Crippen molar-refractivity contribution in [2.24, 2.45) is 0 Å². The fraction of sp³-hybridized carbons (Fsp3) is 0.571. The summed E-state index contributed by atoms with van der Waals surface area (Å²) in [5.74, 6) is -0.0931. The highest BCUT2D eigenvalue weighted by Gasteiger charge is 2.08. The minimum Gasteiger partial charge on any atom is -0.358 e. The number of hydrogen-bond acceptors (Lipinski definition) is 4. The Morgan fingerprint density at radius 3 is 3.08 bits per heavy atom. The van der Waals surface area contributed by atoms with E-state index in [1.165, 1.54) is 12.5 Å². The van der Waals surface area contributed by atoms with Crippen LogP contribution < -0.4 is 5.32 Å². The van der Waals surface area contributed by atoms with Gasteiger partial charge >= 0.3 is 5.82 Å². The van der Waals surface area contributed by atoms with Gasteiger partial charge in [0.1, 0.15) is 6.20 Å². The van der Waals surface area contributed by atoms with Crippen LogP contribution in [-0.2, 0) is 6.54 Å². The van der Waals surface area contributed by atoms with E-state index in [0.717, 1.165) is 19.5 Å². The third kappa shape index (κ3) is 2.83. The lowest BCUT2D eigenvalue weighted by Crippen LogP contribution is -2.10. The smallest absolute Gasteiger partial charge is 0.358 e. The van der Waals surface area contributed by atoms with Crippen LogP contribution in [0.4, 0.5) is 5.82 Å². The lowest BCUT2D eigenvalue weighted by atomic mass is 10.4. The largest absolute Gasteiger partial charge is 0.381 e. The number of nitro groups is 1. The van der Waals surface area contributed by atoms with Gasteiger partial charge in [0.05, 0.1) is 0 Å². The first-order valence-corrected chi connectivity index (χ1v) is 4.05. The van der Waals surface area contributed by atoms with Gasteiger partial charge in [0.2, 0.25) is 6.33 Å². The molecule has 1 aromatic rings. The Morgan fingerprint density at radius 2 is 2.54 bits per heavy atom. The van der Waals surface area contributed by atoms with Gasteiger partial charge in [-0.15, -0.1) is 0 Å². The number of hydrogen-bond donors (Lipinski definition) is 1. The van der Waals surface area contributed by atoms with Gasteiger partial charge in [-0.25, -0.2) is 0 Å². The SMILES string of the molecule is CNCCCn1cnc([N+](=O)[O-])c1. The molecule has 6 nitrogen and oxygen atoms in total. The molecule has 0 radical (unpaired) electrons. The molecule has 0 unspecified atom stereocenters. The number of aryl methyl sites for hydroxylation is 1. The van der Waals surface area contributed by atoms with Crippen molar-refractivity contribution in [3.8, 4) is 0 Å². The van der Waals surface area contributed by atoms with Gasteiger partial charge in [-0.3, -0.25) is 0 Å². The first-order valence-electron chi connectivity index (χ1n) is 4.05. The zero-order valence-corrected chi connectivity index (χ0v) is 7.43. The topological polar surface area (TPSA) is 73.0 Å². The number of rotatable bonds is 5. The van der Waals surface area contributed by atoms with Crippen LogP contribution >= 0.6 is 0 Å². The average molecular weight is 184 g/mol. The molecule has 0 bridgehead atoms. The Labute approximate surface area is 75.7 Å². The van der Waals surface area contributed by atoms with E-state index in [-0.39, 0.29) is 5.82 Å². The van der Waals surface area contributed by atoms with Crippen LogP contribution in [0.5, 0.6) is 0 Å². The summed E-state index contributed by atoms with van der Waals surface area (Å²) in [6.45, 7) is 1.65. The quantitative estimate of drug-likeness (QED) is 0.408. The number of nitrogens with zero attached hydrogens (tertiary/aromatic N) is 3. The van der Waals surface area contributed by atoms with E-state index in [9.17, 15) is 10.1 Å². The fourth-order valence-electron chi connectivity index (χ4n) is 1.00. The fourth-order valence-corrected chi connectivity index (χ4v) is 1.00. The highest BCUT2D eigenvalue weighted by Crippen LogP contribution is 2.05. The molecule has 1 aromatic heterocycles. The van der Waals surface area contributed by atoms with Gasteiger partial charge in [0.25, 0.3) is 0 Å². The normalized spacial score (nSPS) is 10.2. The van der Waals surface area contributed by atoms with Gasteiger partial charge < -0.3 is 20.0 Å². The van der Waals surface area contributed by atoms with Crippen molar-refractivity contribution in [2.75, 3.05) is 13.6 Å². The van der Waals surface area contributed by atoms with E-state index in [1.807, 2.05) is 7.05 Å². The molecule has 0 spiro atoms. The first kappa shape index (κ1) is 9.66. The van der Waals surface area contributed by atoms with Crippen LogP contribution in [-0.4, -0.2) is 28.1 Å². The monoisotopic (exact) mass is 184 g/mol. The van der Waals surface area contributed by atoms with Gasteiger partial charge in [0, 0.05) is 6.54 Å². The van der Waals surface area contributed by atoms with Gasteiger partial charge in [0.15, 0.2) is 0 Å². The molecule has 6 heteroatoms. The predicted molar refractivity (Wildman–Crippen MR) is 47.4 cm³/mol. The molecule has 0 aliphatic heterocycles. The van der Waals surface area contributed by atoms with E-state index in [2.05, 4.69) is 10.3 Å². The lowest BCUT2D eigenvalue weighted by molar-refractivity contribution is -0.389. The molecule has 0 aliphatic rings. The Bertz CT molecular complexity index is 284. The summed E-state index contributed by atoms with van der Waals surface area (Å²) in [5.41, 5.74) is 0. The Kier molecular flexibility index (Phi) is 3.39. The second-order valence-electron chi connectivity index (χ2n) is 2.68. The molecule has 0 saturated heterocycles. The van der Waals surface area contributed by atoms with Crippen LogP contribution in [0.1, 0.15) is 6.42 Å². The molecule has 13 heavy (non-hydrogen) atoms. The maximum atomic E-state index is 10.3. The minimum atomic E-state index is -0.491. The summed E-state index contributed by atoms with van der Waals surface area (Å²) in [6.07, 6.45) is 3.85. The van der Waals surface area contributed by atoms with Crippen LogP contribution in [0, 0.1) is 10.1 Å². The van der Waals surface area contributed by atoms with Crippen molar-refractivity contribution in [1.82, 2.24) is 14.9 Å². The zero-order valence-electron chi connectivity index (χ0n) is 7.43. The molecular weight excluding hydrogens is 172 g/mol. The van der Waals surface area contributed by atoms with Crippen molar-refractivity contribution in [3.63, 3.8) is 0 Å². The third-order valence-corrected chi connectivity index (χ3v) is 1.65. The molecule has 0 aromatic carbocycles. The Balaban J connectivity index is 2.44. The number of nitrogens with one attached hydrogen (secondary N) is 1. The van der Waals surface area contributed by atoms with Crippen molar-refractivity contribution in [2.45, 2.75) is 13.0 Å². The summed E-state index contributed by atoms with van der Waals surface area (Å²) >= 11 is 0. The standard InChI is InChI=1S/C7H12N4O2/c1-8-3-2-4-10-5-7(9-6-10)11(12)13/h5-6,8H,2-4H2,1H3. The van der Waals surface area contributed by atoms with Crippen molar-refractivity contribution in [3.05, 3.63) is 22.6 Å². The maximum Gasteiger partial charge on any atom is 0.381 e. The van der Waals surface area contributed by atoms with Gasteiger partial charge in [-0.1, -0.05) is 0 Å². The third-order valence-electron chi connectivity index (χ3n) is 1.65. The summed E-state index contributed by atoms with van der Waals surface area (Å²) in [4.78, 5) is 13.4. The first-order chi connectivity index (χ1) is 6.24. The second-order valence-corrected chi connectivity index (χ2v) is 2.68. The lowest BCUT2D eigenvalue weighted by Gasteiger charge is -1.98. The molecule has 1 heterocycles. The summed E-state index contributed by atoms with van der Waals surface area (Å²) in [6, 6.07) is 0. The highest BCUT2D eigenvalue weighted by atomic mass is 16.6. The van der Waals surface area contributed by atoms with E-state index in [4.69, 9.17) is 0 Å².